The molecular weight excluding hydrogens is 316 g/mol. The standard InChI is InChI=1S/C17H21ClN2O3/c18-14-4-1-2-5-15(14)19-8-3-9-20(11-10-19)16(21)12-6-7-13(12)17(22)23/h1-2,4-5,12-13H,3,6-11H2,(H,22,23)/t12-,13+/m0/s1. The van der Waals surface area contributed by atoms with Gasteiger partial charge in [-0.1, -0.05) is 23.7 Å². The van der Waals surface area contributed by atoms with E-state index in [9.17, 15) is 9.59 Å². The van der Waals surface area contributed by atoms with Gasteiger partial charge < -0.3 is 14.9 Å². The zero-order valence-electron chi connectivity index (χ0n) is 12.9. The highest BCUT2D eigenvalue weighted by Gasteiger charge is 2.43. The number of anilines is 1. The molecule has 6 heteroatoms. The second-order valence-electron chi connectivity index (χ2n) is 6.25. The second-order valence-corrected chi connectivity index (χ2v) is 6.65. The first-order valence-electron chi connectivity index (χ1n) is 8.09. The number of carboxylic acid groups (broad SMARTS) is 1. The highest BCUT2D eigenvalue weighted by atomic mass is 35.5. The maximum absolute atomic E-state index is 12.6. The Hall–Kier alpha value is -1.75. The summed E-state index contributed by atoms with van der Waals surface area (Å²) in [7, 11) is 0. The average molecular weight is 337 g/mol. The van der Waals surface area contributed by atoms with Gasteiger partial charge in [-0.3, -0.25) is 9.59 Å². The van der Waals surface area contributed by atoms with Gasteiger partial charge in [-0.2, -0.15) is 0 Å². The van der Waals surface area contributed by atoms with Crippen molar-refractivity contribution in [3.05, 3.63) is 29.3 Å². The Kier molecular flexibility index (Phi) is 4.76. The summed E-state index contributed by atoms with van der Waals surface area (Å²) in [6.07, 6.45) is 2.17. The Balaban J connectivity index is 1.64. The van der Waals surface area contributed by atoms with Crippen molar-refractivity contribution < 1.29 is 14.7 Å². The van der Waals surface area contributed by atoms with Gasteiger partial charge in [-0.25, -0.2) is 0 Å². The molecule has 1 saturated heterocycles. The molecule has 124 valence electrons. The Morgan fingerprint density at radius 2 is 1.78 bits per heavy atom. The van der Waals surface area contributed by atoms with Crippen molar-refractivity contribution in [2.45, 2.75) is 19.3 Å². The van der Waals surface area contributed by atoms with Gasteiger partial charge in [0.25, 0.3) is 0 Å². The van der Waals surface area contributed by atoms with Crippen LogP contribution in [0.3, 0.4) is 0 Å². The Labute approximate surface area is 140 Å². The van der Waals surface area contributed by atoms with E-state index in [0.717, 1.165) is 30.2 Å². The third kappa shape index (κ3) is 3.29. The summed E-state index contributed by atoms with van der Waals surface area (Å²) in [5, 5.41) is 9.85. The van der Waals surface area contributed by atoms with Gasteiger partial charge in [0.1, 0.15) is 0 Å². The molecule has 1 heterocycles. The number of aliphatic carboxylic acids is 1. The summed E-state index contributed by atoms with van der Waals surface area (Å²) < 4.78 is 0. The summed E-state index contributed by atoms with van der Waals surface area (Å²) in [6.45, 7) is 2.87. The van der Waals surface area contributed by atoms with Crippen molar-refractivity contribution in [1.82, 2.24) is 4.90 Å². The number of carboxylic acids is 1. The normalized spacial score (nSPS) is 24.7. The van der Waals surface area contributed by atoms with Gasteiger partial charge in [0, 0.05) is 26.2 Å². The topological polar surface area (TPSA) is 60.9 Å². The first-order valence-corrected chi connectivity index (χ1v) is 8.47. The van der Waals surface area contributed by atoms with E-state index in [4.69, 9.17) is 16.7 Å². The van der Waals surface area contributed by atoms with Crippen LogP contribution in [-0.4, -0.2) is 48.1 Å². The molecule has 5 nitrogen and oxygen atoms in total. The molecule has 2 aliphatic rings. The molecule has 1 aliphatic heterocycles. The van der Waals surface area contributed by atoms with E-state index >= 15 is 0 Å². The van der Waals surface area contributed by atoms with E-state index in [0.29, 0.717) is 25.9 Å². The van der Waals surface area contributed by atoms with E-state index in [1.54, 1.807) is 0 Å². The molecule has 2 fully saturated rings. The smallest absolute Gasteiger partial charge is 0.307 e. The summed E-state index contributed by atoms with van der Waals surface area (Å²) >= 11 is 6.26. The van der Waals surface area contributed by atoms with Crippen molar-refractivity contribution >= 4 is 29.2 Å². The number of nitrogens with zero attached hydrogens (tertiary/aromatic N) is 2. The van der Waals surface area contributed by atoms with Crippen molar-refractivity contribution in [1.29, 1.82) is 0 Å². The number of hydrogen-bond donors (Lipinski definition) is 1. The monoisotopic (exact) mass is 336 g/mol. The number of halogens is 1. The molecule has 0 bridgehead atoms. The summed E-state index contributed by atoms with van der Waals surface area (Å²) in [5.41, 5.74) is 0.996. The van der Waals surface area contributed by atoms with Crippen LogP contribution in [0.25, 0.3) is 0 Å². The molecule has 1 aromatic carbocycles. The van der Waals surface area contributed by atoms with Crippen molar-refractivity contribution in [3.63, 3.8) is 0 Å². The van der Waals surface area contributed by atoms with E-state index < -0.39 is 11.9 Å². The van der Waals surface area contributed by atoms with E-state index in [1.807, 2.05) is 29.2 Å². The van der Waals surface area contributed by atoms with Crippen LogP contribution in [0.2, 0.25) is 5.02 Å². The van der Waals surface area contributed by atoms with Gasteiger partial charge in [0.2, 0.25) is 5.91 Å². The third-order valence-electron chi connectivity index (χ3n) is 4.91. The summed E-state index contributed by atoms with van der Waals surface area (Å²) in [5.74, 6) is -1.67. The van der Waals surface area contributed by atoms with Crippen LogP contribution in [0.1, 0.15) is 19.3 Å². The molecule has 3 rings (SSSR count). The fraction of sp³-hybridized carbons (Fsp3) is 0.529. The molecule has 23 heavy (non-hydrogen) atoms. The molecule has 1 N–H and O–H groups in total. The molecule has 0 aromatic heterocycles. The zero-order chi connectivity index (χ0) is 16.4. The van der Waals surface area contributed by atoms with Gasteiger partial charge in [-0.15, -0.1) is 0 Å². The summed E-state index contributed by atoms with van der Waals surface area (Å²) in [6, 6.07) is 7.73. The van der Waals surface area contributed by atoms with Gasteiger partial charge in [0.05, 0.1) is 22.5 Å². The van der Waals surface area contributed by atoms with E-state index in [2.05, 4.69) is 4.90 Å². The van der Waals surface area contributed by atoms with E-state index in [1.165, 1.54) is 0 Å². The van der Waals surface area contributed by atoms with Crippen LogP contribution in [-0.2, 0) is 9.59 Å². The molecule has 1 aliphatic carbocycles. The highest BCUT2D eigenvalue weighted by Crippen LogP contribution is 2.36. The van der Waals surface area contributed by atoms with Crippen molar-refractivity contribution in [3.8, 4) is 0 Å². The molecule has 1 amide bonds. The van der Waals surface area contributed by atoms with Crippen LogP contribution in [0.5, 0.6) is 0 Å². The maximum Gasteiger partial charge on any atom is 0.307 e. The predicted molar refractivity (Wildman–Crippen MR) is 88.7 cm³/mol. The quantitative estimate of drug-likeness (QED) is 0.921. The van der Waals surface area contributed by atoms with Crippen LogP contribution < -0.4 is 4.90 Å². The van der Waals surface area contributed by atoms with Crippen LogP contribution >= 0.6 is 11.6 Å². The SMILES string of the molecule is O=C(O)[C@@H]1CC[C@@H]1C(=O)N1CCCN(c2ccccc2Cl)CC1. The predicted octanol–water partition coefficient (Wildman–Crippen LogP) is 2.49. The van der Waals surface area contributed by atoms with E-state index in [-0.39, 0.29) is 11.8 Å². The van der Waals surface area contributed by atoms with Crippen LogP contribution in [0.4, 0.5) is 5.69 Å². The average Bonchev–Trinajstić information content (AvgIpc) is 2.71. The highest BCUT2D eigenvalue weighted by molar-refractivity contribution is 6.33. The zero-order valence-corrected chi connectivity index (χ0v) is 13.7. The van der Waals surface area contributed by atoms with Crippen LogP contribution in [0, 0.1) is 11.8 Å². The lowest BCUT2D eigenvalue weighted by molar-refractivity contribution is -0.156. The Morgan fingerprint density at radius 1 is 1.04 bits per heavy atom. The summed E-state index contributed by atoms with van der Waals surface area (Å²) in [4.78, 5) is 27.7. The minimum absolute atomic E-state index is 0.00431. The number of benzene rings is 1. The number of carbonyl (C=O) groups is 2. The fourth-order valence-electron chi connectivity index (χ4n) is 3.41. The number of hydrogen-bond acceptors (Lipinski definition) is 3. The van der Waals surface area contributed by atoms with Crippen LogP contribution in [0.15, 0.2) is 24.3 Å². The second kappa shape index (κ2) is 6.79. The van der Waals surface area contributed by atoms with Gasteiger partial charge >= 0.3 is 5.97 Å². The van der Waals surface area contributed by atoms with Crippen molar-refractivity contribution in [2.24, 2.45) is 11.8 Å². The third-order valence-corrected chi connectivity index (χ3v) is 5.23. The largest absolute Gasteiger partial charge is 0.481 e. The molecule has 1 saturated carbocycles. The lowest BCUT2D eigenvalue weighted by Gasteiger charge is -2.36. The Bertz CT molecular complexity index is 607. The first-order chi connectivity index (χ1) is 11.1. The molecular formula is C17H21ClN2O3. The number of amides is 1. The molecule has 1 aromatic rings. The molecule has 0 radical (unpaired) electrons. The number of carbonyl (C=O) groups excluding carboxylic acids is 1. The Morgan fingerprint density at radius 3 is 2.43 bits per heavy atom. The van der Waals surface area contributed by atoms with Gasteiger partial charge in [-0.05, 0) is 31.4 Å². The lowest BCUT2D eigenvalue weighted by atomic mass is 9.73. The van der Waals surface area contributed by atoms with Gasteiger partial charge in [0.15, 0.2) is 0 Å². The van der Waals surface area contributed by atoms with Crippen molar-refractivity contribution in [2.75, 3.05) is 31.1 Å². The molecule has 0 unspecified atom stereocenters. The molecule has 2 atom stereocenters. The lowest BCUT2D eigenvalue weighted by Crippen LogP contribution is -2.47. The maximum atomic E-state index is 12.6. The minimum Gasteiger partial charge on any atom is -0.481 e. The number of rotatable bonds is 3. The first kappa shape index (κ1) is 16.1. The fourth-order valence-corrected chi connectivity index (χ4v) is 3.67. The number of para-hydroxylation sites is 1. The minimum atomic E-state index is -0.845. The molecule has 0 spiro atoms.